The highest BCUT2D eigenvalue weighted by molar-refractivity contribution is 7.40. The van der Waals surface area contributed by atoms with Gasteiger partial charge in [-0.25, -0.2) is 9.50 Å². The molecular formula is C40H61ClN5O6P. The van der Waals surface area contributed by atoms with Gasteiger partial charge in [-0.15, -0.1) is 0 Å². The number of nitrogen functional groups attached to an aromatic ring is 1. The van der Waals surface area contributed by atoms with Crippen molar-refractivity contribution in [1.82, 2.24) is 14.6 Å². The standard InChI is InChI=1S/C40H61ClN5O6P/c1-2-3-4-5-6-7-8-9-10-11-12-13-14-15-16-17-24-48-28-35(49-27-32-18-19-33(26-42)36(41)25-32)30-51-53(47)50-29-34-20-23-39(52-34)37-21-22-38-40(43)44-31-45-46(37)38/h18-19,21-22,25,31,34-35,39,47H,2-17,20,23-24,27-30H2,1H3,(H2,43,44,45). The molecule has 4 unspecified atom stereocenters. The van der Waals surface area contributed by atoms with Crippen molar-refractivity contribution >= 4 is 31.5 Å². The van der Waals surface area contributed by atoms with Crippen molar-refractivity contribution < 1.29 is 28.2 Å². The second-order valence-electron chi connectivity index (χ2n) is 14.1. The second kappa shape index (κ2) is 25.6. The molecule has 13 heteroatoms. The summed E-state index contributed by atoms with van der Waals surface area (Å²) in [5.41, 5.74) is 8.87. The number of unbranched alkanes of at least 4 members (excludes halogenated alkanes) is 15. The van der Waals surface area contributed by atoms with E-state index in [2.05, 4.69) is 23.1 Å². The number of nitrogens with two attached hydrogens (primary N) is 1. The Morgan fingerprint density at radius 2 is 1.62 bits per heavy atom. The van der Waals surface area contributed by atoms with Gasteiger partial charge >= 0.3 is 8.60 Å². The molecule has 1 aliphatic rings. The Morgan fingerprint density at radius 3 is 2.28 bits per heavy atom. The number of aromatic nitrogens is 3. The lowest BCUT2D eigenvalue weighted by Gasteiger charge is -2.20. The van der Waals surface area contributed by atoms with Crippen molar-refractivity contribution in [3.63, 3.8) is 0 Å². The number of rotatable bonds is 29. The fraction of sp³-hybridized carbons (Fsp3) is 0.675. The third-order valence-corrected chi connectivity index (χ3v) is 10.8. The Balaban J connectivity index is 1.09. The van der Waals surface area contributed by atoms with Gasteiger partial charge in [-0.3, -0.25) is 0 Å². The lowest BCUT2D eigenvalue weighted by Crippen LogP contribution is -2.25. The van der Waals surface area contributed by atoms with E-state index in [1.807, 2.05) is 18.2 Å². The smallest absolute Gasteiger partial charge is 0.330 e. The summed E-state index contributed by atoms with van der Waals surface area (Å²) in [4.78, 5) is 14.6. The molecule has 0 spiro atoms. The van der Waals surface area contributed by atoms with E-state index in [0.29, 0.717) is 29.6 Å². The molecule has 3 aromatic rings. The molecule has 1 saturated heterocycles. The molecule has 2 aromatic heterocycles. The minimum absolute atomic E-state index is 0.0938. The Kier molecular flexibility index (Phi) is 21.0. The van der Waals surface area contributed by atoms with Crippen molar-refractivity contribution in [3.05, 3.63) is 58.5 Å². The molecule has 0 saturated carbocycles. The summed E-state index contributed by atoms with van der Waals surface area (Å²) in [6.45, 7) is 3.78. The minimum atomic E-state index is -2.15. The van der Waals surface area contributed by atoms with E-state index in [1.54, 1.807) is 16.6 Å². The van der Waals surface area contributed by atoms with E-state index >= 15 is 0 Å². The molecular weight excluding hydrogens is 713 g/mol. The van der Waals surface area contributed by atoms with Crippen molar-refractivity contribution in [2.24, 2.45) is 0 Å². The van der Waals surface area contributed by atoms with E-state index in [9.17, 15) is 10.2 Å². The van der Waals surface area contributed by atoms with Crippen LogP contribution in [0.4, 0.5) is 5.82 Å². The first kappa shape index (κ1) is 43.3. The highest BCUT2D eigenvalue weighted by Crippen LogP contribution is 2.38. The summed E-state index contributed by atoms with van der Waals surface area (Å²) in [5.74, 6) is 0.417. The molecule has 0 bridgehead atoms. The Bertz CT molecular complexity index is 1490. The lowest BCUT2D eigenvalue weighted by molar-refractivity contribution is -0.0493. The normalized spacial score (nSPS) is 17.0. The molecule has 4 rings (SSSR count). The summed E-state index contributed by atoms with van der Waals surface area (Å²) in [7, 11) is -2.15. The lowest BCUT2D eigenvalue weighted by atomic mass is 10.0. The van der Waals surface area contributed by atoms with Gasteiger partial charge in [-0.05, 0) is 49.1 Å². The molecule has 1 aliphatic heterocycles. The van der Waals surface area contributed by atoms with Crippen LogP contribution in [0.25, 0.3) is 5.52 Å². The molecule has 0 radical (unpaired) electrons. The predicted octanol–water partition coefficient (Wildman–Crippen LogP) is 10.2. The van der Waals surface area contributed by atoms with E-state index < -0.39 is 14.7 Å². The van der Waals surface area contributed by atoms with Crippen LogP contribution in [0.1, 0.15) is 145 Å². The number of benzene rings is 1. The first-order chi connectivity index (χ1) is 26.0. The highest BCUT2D eigenvalue weighted by atomic mass is 35.5. The number of anilines is 1. The van der Waals surface area contributed by atoms with Crippen LogP contribution in [0.5, 0.6) is 0 Å². The number of fused-ring (bicyclic) bond motifs is 1. The molecule has 1 fully saturated rings. The topological polar surface area (TPSA) is 146 Å². The summed E-state index contributed by atoms with van der Waals surface area (Å²) >= 11 is 6.23. The van der Waals surface area contributed by atoms with E-state index in [1.165, 1.54) is 96.2 Å². The van der Waals surface area contributed by atoms with Crippen LogP contribution in [0.2, 0.25) is 5.02 Å². The number of hydrogen-bond donors (Lipinski definition) is 2. The first-order valence-electron chi connectivity index (χ1n) is 19.8. The van der Waals surface area contributed by atoms with Gasteiger partial charge in [-0.2, -0.15) is 10.4 Å². The van der Waals surface area contributed by atoms with Crippen LogP contribution < -0.4 is 5.73 Å². The van der Waals surface area contributed by atoms with Crippen molar-refractivity contribution in [3.8, 4) is 6.07 Å². The van der Waals surface area contributed by atoms with E-state index in [-0.39, 0.29) is 32.0 Å². The maximum Gasteiger partial charge on any atom is 0.330 e. The van der Waals surface area contributed by atoms with Crippen molar-refractivity contribution in [2.45, 2.75) is 147 Å². The summed E-state index contributed by atoms with van der Waals surface area (Å²) in [5, 5.41) is 13.9. The molecule has 0 amide bonds. The van der Waals surface area contributed by atoms with Gasteiger partial charge in [0.05, 0.1) is 48.8 Å². The number of nitrogens with zero attached hydrogens (tertiary/aromatic N) is 4. The Morgan fingerprint density at radius 1 is 0.943 bits per heavy atom. The Hall–Kier alpha value is -2.39. The van der Waals surface area contributed by atoms with Gasteiger partial charge in [-0.1, -0.05) is 121 Å². The SMILES string of the molecule is CCCCCCCCCCCCCCCCCCOCC(COP(O)OCC1CCC(c2ccc3c(N)ncnn23)O1)OCc1ccc(C#N)c(Cl)c1. The van der Waals surface area contributed by atoms with Crippen LogP contribution >= 0.6 is 20.2 Å². The molecule has 3 heterocycles. The molecule has 11 nitrogen and oxygen atoms in total. The van der Waals surface area contributed by atoms with Crippen LogP contribution in [0.15, 0.2) is 36.7 Å². The zero-order valence-corrected chi connectivity index (χ0v) is 33.3. The molecule has 53 heavy (non-hydrogen) atoms. The number of nitriles is 1. The zero-order valence-electron chi connectivity index (χ0n) is 31.6. The number of hydrogen-bond acceptors (Lipinski definition) is 10. The predicted molar refractivity (Wildman–Crippen MR) is 210 cm³/mol. The van der Waals surface area contributed by atoms with Gasteiger partial charge < -0.3 is 33.9 Å². The second-order valence-corrected chi connectivity index (χ2v) is 15.5. The molecule has 4 atom stereocenters. The van der Waals surface area contributed by atoms with Crippen LogP contribution in [0.3, 0.4) is 0 Å². The third kappa shape index (κ3) is 16.1. The number of ether oxygens (including phenoxy) is 3. The molecule has 294 valence electrons. The van der Waals surface area contributed by atoms with Crippen LogP contribution in [-0.2, 0) is 29.9 Å². The minimum Gasteiger partial charge on any atom is -0.382 e. The van der Waals surface area contributed by atoms with Gasteiger partial charge in [0.1, 0.15) is 30.1 Å². The van der Waals surface area contributed by atoms with Crippen molar-refractivity contribution in [2.75, 3.05) is 32.2 Å². The fourth-order valence-electron chi connectivity index (χ4n) is 6.66. The molecule has 3 N–H and O–H groups in total. The Labute approximate surface area is 322 Å². The van der Waals surface area contributed by atoms with Crippen LogP contribution in [-0.4, -0.2) is 58.1 Å². The third-order valence-electron chi connectivity index (χ3n) is 9.78. The summed E-state index contributed by atoms with van der Waals surface area (Å²) in [6, 6.07) is 11.1. The first-order valence-corrected chi connectivity index (χ1v) is 21.4. The largest absolute Gasteiger partial charge is 0.382 e. The maximum absolute atomic E-state index is 10.6. The van der Waals surface area contributed by atoms with Gasteiger partial charge in [0, 0.05) is 6.61 Å². The van der Waals surface area contributed by atoms with E-state index in [0.717, 1.165) is 42.5 Å². The molecule has 0 aliphatic carbocycles. The monoisotopic (exact) mass is 773 g/mol. The fourth-order valence-corrected chi connectivity index (χ4v) is 7.57. The zero-order chi connectivity index (χ0) is 37.5. The summed E-state index contributed by atoms with van der Waals surface area (Å²) < 4.78 is 31.5. The van der Waals surface area contributed by atoms with Gasteiger partial charge in [0.2, 0.25) is 0 Å². The summed E-state index contributed by atoms with van der Waals surface area (Å²) in [6.07, 6.45) is 23.4. The van der Waals surface area contributed by atoms with E-state index in [4.69, 9.17) is 40.6 Å². The van der Waals surface area contributed by atoms with Crippen LogP contribution in [0, 0.1) is 11.3 Å². The average molecular weight is 774 g/mol. The van der Waals surface area contributed by atoms with Gasteiger partial charge in [0.15, 0.2) is 5.82 Å². The average Bonchev–Trinajstić information content (AvgIpc) is 3.82. The van der Waals surface area contributed by atoms with Crippen molar-refractivity contribution in [1.29, 1.82) is 5.26 Å². The van der Waals surface area contributed by atoms with Gasteiger partial charge in [0.25, 0.3) is 0 Å². The molecule has 1 aromatic carbocycles. The highest BCUT2D eigenvalue weighted by Gasteiger charge is 2.30. The maximum atomic E-state index is 10.6. The quantitative estimate of drug-likeness (QED) is 0.0516. The number of halogens is 1.